The monoisotopic (exact) mass is 339 g/mol. The van der Waals surface area contributed by atoms with Gasteiger partial charge in [0.05, 0.1) is 9.40 Å². The lowest BCUT2D eigenvalue weighted by molar-refractivity contribution is -0.385. The summed E-state index contributed by atoms with van der Waals surface area (Å²) in [5.41, 5.74) is 0.941. The molecule has 0 fully saturated rings. The summed E-state index contributed by atoms with van der Waals surface area (Å²) in [6, 6.07) is 11.9. The lowest BCUT2D eigenvalue weighted by atomic mass is 10.2. The van der Waals surface area contributed by atoms with Gasteiger partial charge >= 0.3 is 0 Å². The van der Waals surface area contributed by atoms with Crippen molar-refractivity contribution in [2.75, 3.05) is 0 Å². The zero-order valence-corrected chi connectivity index (χ0v) is 12.1. The molecule has 0 saturated heterocycles. The van der Waals surface area contributed by atoms with Crippen molar-refractivity contribution in [1.29, 1.82) is 0 Å². The van der Waals surface area contributed by atoms with E-state index in [4.69, 9.17) is 0 Å². The summed E-state index contributed by atoms with van der Waals surface area (Å²) in [5.74, 6) is 0.841. The fourth-order valence-electron chi connectivity index (χ4n) is 1.52. The van der Waals surface area contributed by atoms with Gasteiger partial charge in [-0.2, -0.15) is 0 Å². The minimum Gasteiger partial charge on any atom is -0.508 e. The Bertz CT molecular complexity index is 601. The maximum Gasteiger partial charge on any atom is 0.283 e. The van der Waals surface area contributed by atoms with E-state index in [-0.39, 0.29) is 11.4 Å². The number of thioether (sulfide) groups is 1. The van der Waals surface area contributed by atoms with Gasteiger partial charge in [-0.25, -0.2) is 0 Å². The van der Waals surface area contributed by atoms with E-state index in [2.05, 4.69) is 15.9 Å². The third kappa shape index (κ3) is 3.48. The van der Waals surface area contributed by atoms with Crippen LogP contribution in [0.15, 0.2) is 51.8 Å². The van der Waals surface area contributed by atoms with Crippen LogP contribution in [0.3, 0.4) is 0 Å². The topological polar surface area (TPSA) is 63.4 Å². The van der Waals surface area contributed by atoms with Crippen LogP contribution in [0.5, 0.6) is 5.75 Å². The molecule has 1 N–H and O–H groups in total. The second kappa shape index (κ2) is 6.08. The molecule has 0 atom stereocenters. The van der Waals surface area contributed by atoms with Gasteiger partial charge in [0, 0.05) is 16.7 Å². The molecular weight excluding hydrogens is 330 g/mol. The van der Waals surface area contributed by atoms with E-state index in [1.165, 1.54) is 6.07 Å². The maximum absolute atomic E-state index is 10.8. The first-order chi connectivity index (χ1) is 9.08. The summed E-state index contributed by atoms with van der Waals surface area (Å²) >= 11 is 4.83. The molecule has 2 rings (SSSR count). The molecule has 0 aliphatic rings. The molecule has 0 saturated carbocycles. The van der Waals surface area contributed by atoms with Crippen LogP contribution >= 0.6 is 27.7 Å². The van der Waals surface area contributed by atoms with Crippen LogP contribution in [0.4, 0.5) is 5.69 Å². The van der Waals surface area contributed by atoms with Crippen molar-refractivity contribution in [2.24, 2.45) is 0 Å². The van der Waals surface area contributed by atoms with Crippen molar-refractivity contribution in [1.82, 2.24) is 0 Å². The van der Waals surface area contributed by atoms with Crippen molar-refractivity contribution < 1.29 is 10.0 Å². The molecule has 98 valence electrons. The average molecular weight is 340 g/mol. The van der Waals surface area contributed by atoms with Gasteiger partial charge in [0.1, 0.15) is 5.75 Å². The number of nitro benzene ring substituents is 1. The highest BCUT2D eigenvalue weighted by Gasteiger charge is 2.14. The first-order valence-corrected chi connectivity index (χ1v) is 7.19. The number of aromatic hydroxyl groups is 1. The number of nitrogens with zero attached hydrogens (tertiary/aromatic N) is 1. The van der Waals surface area contributed by atoms with Crippen LogP contribution in [0.1, 0.15) is 5.56 Å². The molecule has 0 amide bonds. The van der Waals surface area contributed by atoms with E-state index < -0.39 is 4.92 Å². The van der Waals surface area contributed by atoms with Gasteiger partial charge in [-0.15, -0.1) is 11.8 Å². The number of hydrogen-bond acceptors (Lipinski definition) is 4. The molecule has 2 aromatic carbocycles. The predicted molar refractivity (Wildman–Crippen MR) is 78.5 cm³/mol. The molecule has 6 heteroatoms. The van der Waals surface area contributed by atoms with E-state index in [1.54, 1.807) is 30.0 Å². The van der Waals surface area contributed by atoms with Crippen LogP contribution in [-0.2, 0) is 5.75 Å². The molecule has 2 aromatic rings. The Balaban J connectivity index is 2.13. The number of halogens is 1. The normalized spacial score (nSPS) is 10.4. The van der Waals surface area contributed by atoms with Crippen LogP contribution < -0.4 is 0 Å². The molecule has 0 spiro atoms. The smallest absolute Gasteiger partial charge is 0.283 e. The fraction of sp³-hybridized carbons (Fsp3) is 0.0769. The molecule has 0 bridgehead atoms. The first-order valence-electron chi connectivity index (χ1n) is 5.41. The summed E-state index contributed by atoms with van der Waals surface area (Å²) in [4.78, 5) is 11.4. The van der Waals surface area contributed by atoms with E-state index >= 15 is 0 Å². The van der Waals surface area contributed by atoms with Gasteiger partial charge in [0.15, 0.2) is 0 Å². The largest absolute Gasteiger partial charge is 0.508 e. The number of nitro groups is 1. The number of phenolic OH excluding ortho intramolecular Hbond substituents is 1. The van der Waals surface area contributed by atoms with Crippen molar-refractivity contribution in [3.8, 4) is 5.75 Å². The molecular formula is C13H10BrNO3S. The number of phenols is 1. The van der Waals surface area contributed by atoms with E-state index in [0.717, 1.165) is 10.5 Å². The fourth-order valence-corrected chi connectivity index (χ4v) is 3.15. The highest BCUT2D eigenvalue weighted by Crippen LogP contribution is 2.33. The molecule has 0 heterocycles. The molecule has 0 unspecified atom stereocenters. The van der Waals surface area contributed by atoms with Crippen LogP contribution in [0.2, 0.25) is 0 Å². The third-order valence-electron chi connectivity index (χ3n) is 2.49. The Morgan fingerprint density at radius 3 is 2.53 bits per heavy atom. The minimum absolute atomic E-state index is 0.0730. The van der Waals surface area contributed by atoms with Gasteiger partial charge in [-0.1, -0.05) is 12.1 Å². The third-order valence-corrected chi connectivity index (χ3v) is 4.46. The van der Waals surface area contributed by atoms with Gasteiger partial charge in [-0.3, -0.25) is 10.1 Å². The standard InChI is InChI=1S/C13H10BrNO3S/c14-13-9(2-1-3-12(13)15(17)18)8-19-11-6-4-10(16)5-7-11/h1-7,16H,8H2. The predicted octanol–water partition coefficient (Wildman–Crippen LogP) is 4.36. The summed E-state index contributed by atoms with van der Waals surface area (Å²) < 4.78 is 0.520. The van der Waals surface area contributed by atoms with E-state index in [1.807, 2.05) is 18.2 Å². The summed E-state index contributed by atoms with van der Waals surface area (Å²) in [5, 5.41) is 20.0. The van der Waals surface area contributed by atoms with E-state index in [9.17, 15) is 15.2 Å². The minimum atomic E-state index is -0.404. The lowest BCUT2D eigenvalue weighted by Crippen LogP contribution is -1.92. The first kappa shape index (κ1) is 13.9. The Hall–Kier alpha value is -1.53. The molecule has 0 aromatic heterocycles. The summed E-state index contributed by atoms with van der Waals surface area (Å²) in [6.45, 7) is 0. The zero-order valence-electron chi connectivity index (χ0n) is 9.75. The molecule has 0 radical (unpaired) electrons. The van der Waals surface area contributed by atoms with Crippen LogP contribution in [0.25, 0.3) is 0 Å². The Labute approximate surface area is 122 Å². The van der Waals surface area contributed by atoms with Crippen molar-refractivity contribution in [2.45, 2.75) is 10.6 Å². The number of hydrogen-bond donors (Lipinski definition) is 1. The number of rotatable bonds is 4. The van der Waals surface area contributed by atoms with Crippen molar-refractivity contribution in [3.05, 3.63) is 62.6 Å². The highest BCUT2D eigenvalue weighted by atomic mass is 79.9. The van der Waals surface area contributed by atoms with Gasteiger partial charge in [0.25, 0.3) is 5.69 Å². The highest BCUT2D eigenvalue weighted by molar-refractivity contribution is 9.10. The molecule has 19 heavy (non-hydrogen) atoms. The molecule has 4 nitrogen and oxygen atoms in total. The van der Waals surface area contributed by atoms with Gasteiger partial charge < -0.3 is 5.11 Å². The Morgan fingerprint density at radius 2 is 1.89 bits per heavy atom. The number of benzene rings is 2. The van der Waals surface area contributed by atoms with Gasteiger partial charge in [0.2, 0.25) is 0 Å². The van der Waals surface area contributed by atoms with Crippen molar-refractivity contribution >= 4 is 33.4 Å². The second-order valence-corrected chi connectivity index (χ2v) is 5.63. The van der Waals surface area contributed by atoms with Crippen LogP contribution in [0, 0.1) is 10.1 Å². The second-order valence-electron chi connectivity index (χ2n) is 3.79. The molecule has 0 aliphatic heterocycles. The average Bonchev–Trinajstić information content (AvgIpc) is 2.39. The maximum atomic E-state index is 10.8. The van der Waals surface area contributed by atoms with Crippen molar-refractivity contribution in [3.63, 3.8) is 0 Å². The summed E-state index contributed by atoms with van der Waals surface area (Å²) in [6.07, 6.45) is 0. The Kier molecular flexibility index (Phi) is 4.44. The lowest BCUT2D eigenvalue weighted by Gasteiger charge is -2.05. The quantitative estimate of drug-likeness (QED) is 0.510. The van der Waals surface area contributed by atoms with Gasteiger partial charge in [-0.05, 0) is 45.8 Å². The van der Waals surface area contributed by atoms with E-state index in [0.29, 0.717) is 10.2 Å². The zero-order chi connectivity index (χ0) is 13.8. The van der Waals surface area contributed by atoms with Crippen LogP contribution in [-0.4, -0.2) is 10.0 Å². The Morgan fingerprint density at radius 1 is 1.21 bits per heavy atom. The summed E-state index contributed by atoms with van der Waals surface area (Å²) in [7, 11) is 0. The SMILES string of the molecule is O=[N+]([O-])c1cccc(CSc2ccc(O)cc2)c1Br. The molecule has 0 aliphatic carbocycles.